The molecule has 0 spiro atoms. The molecular weight excluding hydrogens is 511 g/mol. The summed E-state index contributed by atoms with van der Waals surface area (Å²) in [5, 5.41) is 3.74. The molecule has 1 aliphatic carbocycles. The summed E-state index contributed by atoms with van der Waals surface area (Å²) in [7, 11) is 0. The summed E-state index contributed by atoms with van der Waals surface area (Å²) in [5.74, 6) is 0. The van der Waals surface area contributed by atoms with Gasteiger partial charge in [0.2, 0.25) is 0 Å². The van der Waals surface area contributed by atoms with Crippen LogP contribution in [0, 0.1) is 6.92 Å². The highest BCUT2D eigenvalue weighted by molar-refractivity contribution is 7.00. The molecule has 4 heteroatoms. The van der Waals surface area contributed by atoms with Gasteiger partial charge in [-0.25, -0.2) is 0 Å². The Morgan fingerprint density at radius 2 is 1.33 bits per heavy atom. The molecule has 0 saturated heterocycles. The molecule has 8 aromatic rings. The zero-order valence-electron chi connectivity index (χ0n) is 23.6. The van der Waals surface area contributed by atoms with Crippen molar-refractivity contribution in [1.29, 1.82) is 0 Å². The molecule has 0 saturated carbocycles. The molecule has 0 fully saturated rings. The minimum atomic E-state index is -0.0754. The van der Waals surface area contributed by atoms with Crippen LogP contribution in [0.25, 0.3) is 66.5 Å². The van der Waals surface area contributed by atoms with Crippen LogP contribution in [0.15, 0.2) is 101 Å². The average molecular weight is 536 g/mol. The monoisotopic (exact) mass is 536 g/mol. The van der Waals surface area contributed by atoms with Crippen LogP contribution in [0.2, 0.25) is 0 Å². The number of furan rings is 1. The Labute approximate surface area is 242 Å². The quantitative estimate of drug-likeness (QED) is 0.188. The lowest BCUT2D eigenvalue weighted by Gasteiger charge is -2.34. The number of hydrogen-bond donors (Lipinski definition) is 0. The number of aromatic nitrogens is 2. The molecule has 196 valence electrons. The molecule has 42 heavy (non-hydrogen) atoms. The number of rotatable bonds is 0. The fourth-order valence-electron chi connectivity index (χ4n) is 9.01. The Balaban J connectivity index is 1.39. The third kappa shape index (κ3) is 2.16. The summed E-state index contributed by atoms with van der Waals surface area (Å²) in [5.41, 5.74) is 19.3. The minimum absolute atomic E-state index is 0.0754. The Hall–Kier alpha value is -4.96. The van der Waals surface area contributed by atoms with Crippen molar-refractivity contribution in [1.82, 2.24) is 9.13 Å². The normalized spacial score (nSPS) is 15.2. The van der Waals surface area contributed by atoms with Gasteiger partial charge in [0.15, 0.2) is 5.58 Å². The van der Waals surface area contributed by atoms with Crippen LogP contribution in [0.1, 0.15) is 30.5 Å². The lowest BCUT2D eigenvalue weighted by atomic mass is 9.34. The maximum absolute atomic E-state index is 6.59. The van der Waals surface area contributed by atoms with Crippen LogP contribution in [-0.2, 0) is 5.41 Å². The zero-order chi connectivity index (χ0) is 27.6. The van der Waals surface area contributed by atoms with E-state index in [2.05, 4.69) is 127 Å². The van der Waals surface area contributed by atoms with Gasteiger partial charge in [-0.2, -0.15) is 0 Å². The Morgan fingerprint density at radius 3 is 2.17 bits per heavy atom. The summed E-state index contributed by atoms with van der Waals surface area (Å²) >= 11 is 0. The third-order valence-corrected chi connectivity index (χ3v) is 10.5. The maximum Gasteiger partial charge on any atom is 0.252 e. The molecule has 5 aromatic carbocycles. The van der Waals surface area contributed by atoms with E-state index in [0.717, 1.165) is 11.2 Å². The Bertz CT molecular complexity index is 2570. The first-order chi connectivity index (χ1) is 20.5. The number of benzene rings is 5. The van der Waals surface area contributed by atoms with Gasteiger partial charge in [0.25, 0.3) is 6.71 Å². The van der Waals surface area contributed by atoms with Crippen LogP contribution >= 0.6 is 0 Å². The van der Waals surface area contributed by atoms with E-state index in [9.17, 15) is 0 Å². The van der Waals surface area contributed by atoms with Crippen molar-refractivity contribution in [3.63, 3.8) is 0 Å². The summed E-state index contributed by atoms with van der Waals surface area (Å²) in [4.78, 5) is 0. The molecule has 11 rings (SSSR count). The van der Waals surface area contributed by atoms with Crippen LogP contribution in [0.4, 0.5) is 0 Å². The summed E-state index contributed by atoms with van der Waals surface area (Å²) in [6.07, 6.45) is 0. The lowest BCUT2D eigenvalue weighted by molar-refractivity contribution is 0.666. The van der Waals surface area contributed by atoms with E-state index in [4.69, 9.17) is 4.42 Å². The second-order valence-electron chi connectivity index (χ2n) is 13.0. The van der Waals surface area contributed by atoms with Gasteiger partial charge >= 0.3 is 0 Å². The maximum atomic E-state index is 6.59. The van der Waals surface area contributed by atoms with Gasteiger partial charge in [0.1, 0.15) is 11.1 Å². The number of fused-ring (bicyclic) bond motifs is 14. The predicted octanol–water partition coefficient (Wildman–Crippen LogP) is 7.23. The lowest BCUT2D eigenvalue weighted by Crippen LogP contribution is -2.59. The third-order valence-electron chi connectivity index (χ3n) is 10.5. The van der Waals surface area contributed by atoms with E-state index in [0.29, 0.717) is 0 Å². The standard InChI is InChI=1S/C38H25BN2O/c1-20-18-28-32-29(19-20)41-34-24(37-36(41)22-11-5-7-17-30(22)42-37)13-9-16-27(34)39(32)26-15-8-12-23-31-35(40(28)33(23)26)21-10-4-6-14-25(21)38(31,2)3/h4-19H,1-3H3. The second-order valence-corrected chi connectivity index (χ2v) is 13.0. The fraction of sp³-hybridized carbons (Fsp3) is 0.105. The van der Waals surface area contributed by atoms with Gasteiger partial charge in [-0.1, -0.05) is 80.6 Å². The second kappa shape index (κ2) is 6.74. The molecule has 3 aliphatic rings. The molecule has 0 unspecified atom stereocenters. The van der Waals surface area contributed by atoms with Gasteiger partial charge in [-0.15, -0.1) is 0 Å². The fourth-order valence-corrected chi connectivity index (χ4v) is 9.01. The van der Waals surface area contributed by atoms with Crippen LogP contribution in [0.3, 0.4) is 0 Å². The summed E-state index contributed by atoms with van der Waals surface area (Å²) < 4.78 is 11.7. The van der Waals surface area contributed by atoms with Crippen LogP contribution in [-0.4, -0.2) is 15.8 Å². The van der Waals surface area contributed by atoms with Gasteiger partial charge in [0, 0.05) is 44.0 Å². The number of nitrogens with zero attached hydrogens (tertiary/aromatic N) is 2. The predicted molar refractivity (Wildman–Crippen MR) is 174 cm³/mol. The van der Waals surface area contributed by atoms with E-state index >= 15 is 0 Å². The van der Waals surface area contributed by atoms with Gasteiger partial charge in [-0.3, -0.25) is 0 Å². The van der Waals surface area contributed by atoms with Crippen LogP contribution in [0.5, 0.6) is 0 Å². The molecule has 0 N–H and O–H groups in total. The van der Waals surface area contributed by atoms with E-state index in [1.165, 1.54) is 88.4 Å². The SMILES string of the molecule is Cc1cc2c3c(c1)-n1c4c(cccc4c4oc5ccccc5c41)B3c1cccc3c4c(n-2c13)-c1ccccc1C4(C)C. The molecular formula is C38H25BN2O. The Kier molecular flexibility index (Phi) is 3.49. The summed E-state index contributed by atoms with van der Waals surface area (Å²) in [6.45, 7) is 7.20. The van der Waals surface area contributed by atoms with E-state index in [-0.39, 0.29) is 12.1 Å². The molecule has 3 aromatic heterocycles. The number of para-hydroxylation sites is 3. The smallest absolute Gasteiger partial charge is 0.252 e. The van der Waals surface area contributed by atoms with Crippen molar-refractivity contribution in [2.24, 2.45) is 0 Å². The van der Waals surface area contributed by atoms with Gasteiger partial charge in [0.05, 0.1) is 11.2 Å². The van der Waals surface area contributed by atoms with Crippen LogP contribution < -0.4 is 16.4 Å². The van der Waals surface area contributed by atoms with E-state index in [1.54, 1.807) is 0 Å². The molecule has 0 atom stereocenters. The van der Waals surface area contributed by atoms with Crippen molar-refractivity contribution in [2.45, 2.75) is 26.2 Å². The number of aryl methyl sites for hydroxylation is 1. The first kappa shape index (κ1) is 21.7. The number of hydrogen-bond acceptors (Lipinski definition) is 1. The van der Waals surface area contributed by atoms with Crippen molar-refractivity contribution in [3.05, 3.63) is 114 Å². The molecule has 5 heterocycles. The molecule has 3 nitrogen and oxygen atoms in total. The van der Waals surface area contributed by atoms with Gasteiger partial charge < -0.3 is 13.6 Å². The molecule has 2 aliphatic heterocycles. The molecule has 0 radical (unpaired) electrons. The minimum Gasteiger partial charge on any atom is -0.454 e. The topological polar surface area (TPSA) is 23.0 Å². The first-order valence-electron chi connectivity index (χ1n) is 14.9. The largest absolute Gasteiger partial charge is 0.454 e. The first-order valence-corrected chi connectivity index (χ1v) is 14.9. The van der Waals surface area contributed by atoms with E-state index in [1.807, 2.05) is 0 Å². The summed E-state index contributed by atoms with van der Waals surface area (Å²) in [6, 6.07) is 36.2. The van der Waals surface area contributed by atoms with Crippen molar-refractivity contribution < 1.29 is 4.42 Å². The van der Waals surface area contributed by atoms with Crippen molar-refractivity contribution in [2.75, 3.05) is 0 Å². The molecule has 0 amide bonds. The Morgan fingerprint density at radius 1 is 0.667 bits per heavy atom. The van der Waals surface area contributed by atoms with Crippen molar-refractivity contribution >= 4 is 67.0 Å². The highest BCUT2D eigenvalue weighted by Crippen LogP contribution is 2.54. The van der Waals surface area contributed by atoms with E-state index < -0.39 is 0 Å². The van der Waals surface area contributed by atoms with Crippen molar-refractivity contribution in [3.8, 4) is 22.6 Å². The zero-order valence-corrected chi connectivity index (χ0v) is 23.6. The molecule has 0 bridgehead atoms. The van der Waals surface area contributed by atoms with Gasteiger partial charge in [-0.05, 0) is 70.3 Å². The highest BCUT2D eigenvalue weighted by Gasteiger charge is 2.46. The highest BCUT2D eigenvalue weighted by atomic mass is 16.3. The average Bonchev–Trinajstić information content (AvgIpc) is 3.71.